The third-order valence-electron chi connectivity index (χ3n) is 4.54. The second-order valence-electron chi connectivity index (χ2n) is 6.65. The Morgan fingerprint density at radius 2 is 1.93 bits per heavy atom. The van der Waals surface area contributed by atoms with Crippen LogP contribution in [-0.2, 0) is 24.8 Å². The number of rotatable bonds is 6. The minimum atomic E-state index is -0.119. The minimum absolute atomic E-state index is 0.119. The summed E-state index contributed by atoms with van der Waals surface area (Å²) >= 11 is 0. The Bertz CT molecular complexity index is 1110. The second-order valence-corrected chi connectivity index (χ2v) is 6.65. The number of aryl methyl sites for hydroxylation is 1. The third-order valence-corrected chi connectivity index (χ3v) is 4.54. The smallest absolute Gasteiger partial charge is 0.230 e. The average Bonchev–Trinajstić information content (AvgIpc) is 3.28. The quantitative estimate of drug-likeness (QED) is 0.562. The van der Waals surface area contributed by atoms with Crippen molar-refractivity contribution in [1.82, 2.24) is 19.3 Å². The van der Waals surface area contributed by atoms with Gasteiger partial charge in [-0.2, -0.15) is 5.10 Å². The molecule has 0 aliphatic heterocycles. The van der Waals surface area contributed by atoms with Crippen molar-refractivity contribution in [3.05, 3.63) is 72.2 Å². The predicted molar refractivity (Wildman–Crippen MR) is 107 cm³/mol. The minimum Gasteiger partial charge on any atom is -0.497 e. The molecule has 1 amide bonds. The molecule has 0 unspecified atom stereocenters. The number of aromatic nitrogens is 4. The summed E-state index contributed by atoms with van der Waals surface area (Å²) in [5.74, 6) is 1.24. The highest BCUT2D eigenvalue weighted by atomic mass is 16.5. The fourth-order valence-corrected chi connectivity index (χ4v) is 3.10. The number of hydrogen-bond donors (Lipinski definition) is 1. The van der Waals surface area contributed by atoms with Crippen LogP contribution < -0.4 is 10.1 Å². The molecule has 0 saturated heterocycles. The molecule has 0 radical (unpaired) electrons. The first-order valence-corrected chi connectivity index (χ1v) is 8.97. The fraction of sp³-hybridized carbons (Fsp3) is 0.190. The molecule has 0 saturated carbocycles. The second kappa shape index (κ2) is 7.56. The van der Waals surface area contributed by atoms with Gasteiger partial charge in [0.1, 0.15) is 11.4 Å². The van der Waals surface area contributed by atoms with Gasteiger partial charge in [0.25, 0.3) is 0 Å². The van der Waals surface area contributed by atoms with Gasteiger partial charge in [0.05, 0.1) is 20.1 Å². The molecule has 1 aromatic carbocycles. The molecule has 1 N–H and O–H groups in total. The van der Waals surface area contributed by atoms with Gasteiger partial charge in [-0.1, -0.05) is 12.1 Å². The van der Waals surface area contributed by atoms with E-state index in [4.69, 9.17) is 4.74 Å². The topological polar surface area (TPSA) is 74.0 Å². The molecule has 3 aromatic heterocycles. The van der Waals surface area contributed by atoms with E-state index in [9.17, 15) is 4.79 Å². The Hall–Kier alpha value is -3.61. The van der Waals surface area contributed by atoms with Gasteiger partial charge < -0.3 is 14.6 Å². The van der Waals surface area contributed by atoms with E-state index in [-0.39, 0.29) is 12.3 Å². The van der Waals surface area contributed by atoms with Gasteiger partial charge >= 0.3 is 0 Å². The first-order valence-electron chi connectivity index (χ1n) is 8.97. The zero-order valence-electron chi connectivity index (χ0n) is 15.8. The maximum atomic E-state index is 12.4. The summed E-state index contributed by atoms with van der Waals surface area (Å²) in [6.07, 6.45) is 5.79. The van der Waals surface area contributed by atoms with Crippen LogP contribution in [0, 0.1) is 0 Å². The van der Waals surface area contributed by atoms with Gasteiger partial charge in [-0.05, 0) is 35.4 Å². The number of fused-ring (bicyclic) bond motifs is 1. The molecule has 7 nitrogen and oxygen atoms in total. The first-order chi connectivity index (χ1) is 13.6. The maximum absolute atomic E-state index is 12.4. The van der Waals surface area contributed by atoms with Crippen LogP contribution in [0.15, 0.2) is 61.1 Å². The molecule has 0 bridgehead atoms. The van der Waals surface area contributed by atoms with Gasteiger partial charge in [0.15, 0.2) is 5.82 Å². The Labute approximate surface area is 162 Å². The van der Waals surface area contributed by atoms with Crippen molar-refractivity contribution in [2.75, 3.05) is 12.4 Å². The van der Waals surface area contributed by atoms with Crippen LogP contribution in [0.25, 0.3) is 11.0 Å². The van der Waals surface area contributed by atoms with Crippen LogP contribution in [0.4, 0.5) is 5.82 Å². The number of hydrogen-bond acceptors (Lipinski definition) is 4. The van der Waals surface area contributed by atoms with Crippen molar-refractivity contribution in [3.8, 4) is 5.75 Å². The average molecular weight is 375 g/mol. The van der Waals surface area contributed by atoms with E-state index in [0.29, 0.717) is 12.4 Å². The van der Waals surface area contributed by atoms with Crippen molar-refractivity contribution in [2.24, 2.45) is 7.05 Å². The molecule has 7 heteroatoms. The van der Waals surface area contributed by atoms with Crippen LogP contribution in [0.3, 0.4) is 0 Å². The van der Waals surface area contributed by atoms with Crippen LogP contribution in [0.2, 0.25) is 0 Å². The van der Waals surface area contributed by atoms with Crippen LogP contribution in [0.5, 0.6) is 5.75 Å². The molecule has 0 atom stereocenters. The van der Waals surface area contributed by atoms with Gasteiger partial charge in [0.2, 0.25) is 5.91 Å². The number of nitrogens with zero attached hydrogens (tertiary/aromatic N) is 4. The summed E-state index contributed by atoms with van der Waals surface area (Å²) in [5.41, 5.74) is 2.87. The number of pyridine rings is 1. The zero-order chi connectivity index (χ0) is 19.5. The lowest BCUT2D eigenvalue weighted by Gasteiger charge is -2.05. The fourth-order valence-electron chi connectivity index (χ4n) is 3.10. The Morgan fingerprint density at radius 1 is 1.11 bits per heavy atom. The van der Waals surface area contributed by atoms with E-state index in [2.05, 4.69) is 15.4 Å². The van der Waals surface area contributed by atoms with Gasteiger partial charge in [-0.25, -0.2) is 4.98 Å². The van der Waals surface area contributed by atoms with Crippen molar-refractivity contribution in [1.29, 1.82) is 0 Å². The molecule has 28 heavy (non-hydrogen) atoms. The molecule has 3 heterocycles. The van der Waals surface area contributed by atoms with Crippen LogP contribution in [-0.4, -0.2) is 32.3 Å². The SMILES string of the molecule is COc1ccc(Cn2ccc(NC(=O)Cc3cnc4c(ccn4C)c3)n2)cc1. The first kappa shape index (κ1) is 17.8. The Kier molecular flexibility index (Phi) is 4.80. The highest BCUT2D eigenvalue weighted by Gasteiger charge is 2.09. The Morgan fingerprint density at radius 3 is 2.71 bits per heavy atom. The third kappa shape index (κ3) is 3.88. The summed E-state index contributed by atoms with van der Waals surface area (Å²) in [4.78, 5) is 16.8. The molecule has 4 aromatic rings. The summed E-state index contributed by atoms with van der Waals surface area (Å²) in [5, 5.41) is 8.29. The van der Waals surface area contributed by atoms with E-state index in [1.54, 1.807) is 24.1 Å². The van der Waals surface area contributed by atoms with Crippen molar-refractivity contribution >= 4 is 22.8 Å². The van der Waals surface area contributed by atoms with E-state index in [1.807, 2.05) is 60.4 Å². The van der Waals surface area contributed by atoms with Gasteiger partial charge in [-0.15, -0.1) is 0 Å². The van der Waals surface area contributed by atoms with E-state index >= 15 is 0 Å². The van der Waals surface area contributed by atoms with Gasteiger partial charge in [-0.3, -0.25) is 9.48 Å². The monoisotopic (exact) mass is 375 g/mol. The van der Waals surface area contributed by atoms with Crippen LogP contribution in [0.1, 0.15) is 11.1 Å². The number of nitrogens with one attached hydrogen (secondary N) is 1. The predicted octanol–water partition coefficient (Wildman–Crippen LogP) is 3.01. The molecule has 0 aliphatic carbocycles. The zero-order valence-corrected chi connectivity index (χ0v) is 15.8. The standard InChI is InChI=1S/C21H21N5O2/c1-25-9-7-17-11-16(13-22-21(17)25)12-20(27)23-19-8-10-26(24-19)14-15-3-5-18(28-2)6-4-15/h3-11,13H,12,14H2,1-2H3,(H,23,24,27). The number of carbonyl (C=O) groups excluding carboxylic acids is 1. The van der Waals surface area contributed by atoms with Crippen molar-refractivity contribution < 1.29 is 9.53 Å². The molecule has 0 fully saturated rings. The highest BCUT2D eigenvalue weighted by Crippen LogP contribution is 2.15. The summed E-state index contributed by atoms with van der Waals surface area (Å²) < 4.78 is 8.91. The number of anilines is 1. The highest BCUT2D eigenvalue weighted by molar-refractivity contribution is 5.91. The lowest BCUT2D eigenvalue weighted by Crippen LogP contribution is -2.15. The largest absolute Gasteiger partial charge is 0.497 e. The number of ether oxygens (including phenoxy) is 1. The van der Waals surface area contributed by atoms with E-state index < -0.39 is 0 Å². The maximum Gasteiger partial charge on any atom is 0.230 e. The normalized spacial score (nSPS) is 10.9. The van der Waals surface area contributed by atoms with Crippen molar-refractivity contribution in [3.63, 3.8) is 0 Å². The van der Waals surface area contributed by atoms with Crippen LogP contribution >= 0.6 is 0 Å². The summed E-state index contributed by atoms with van der Waals surface area (Å²) in [6, 6.07) is 13.6. The molecule has 0 aliphatic rings. The molecule has 142 valence electrons. The van der Waals surface area contributed by atoms with E-state index in [0.717, 1.165) is 27.9 Å². The number of methoxy groups -OCH3 is 1. The molecular formula is C21H21N5O2. The lowest BCUT2D eigenvalue weighted by atomic mass is 10.2. The number of amides is 1. The molecular weight excluding hydrogens is 354 g/mol. The summed E-state index contributed by atoms with van der Waals surface area (Å²) in [7, 11) is 3.59. The number of carbonyl (C=O) groups is 1. The Balaban J connectivity index is 1.37. The van der Waals surface area contributed by atoms with Crippen molar-refractivity contribution in [2.45, 2.75) is 13.0 Å². The van der Waals surface area contributed by atoms with E-state index in [1.165, 1.54) is 0 Å². The molecule has 4 rings (SSSR count). The lowest BCUT2D eigenvalue weighted by molar-refractivity contribution is -0.115. The summed E-state index contributed by atoms with van der Waals surface area (Å²) in [6.45, 7) is 0.620. The molecule has 0 spiro atoms. The van der Waals surface area contributed by atoms with Gasteiger partial charge in [0, 0.05) is 37.1 Å². The number of benzene rings is 1.